The zero-order chi connectivity index (χ0) is 14.5. The highest BCUT2D eigenvalue weighted by molar-refractivity contribution is 7.99. The van der Waals surface area contributed by atoms with E-state index in [4.69, 9.17) is 28.9 Å². The summed E-state index contributed by atoms with van der Waals surface area (Å²) in [6, 6.07) is 5.41. The average molecular weight is 331 g/mol. The van der Waals surface area contributed by atoms with Gasteiger partial charge in [0.15, 0.2) is 0 Å². The van der Waals surface area contributed by atoms with Crippen molar-refractivity contribution >= 4 is 35.0 Å². The van der Waals surface area contributed by atoms with Gasteiger partial charge in [-0.3, -0.25) is 4.68 Å². The van der Waals surface area contributed by atoms with E-state index in [9.17, 15) is 0 Å². The smallest absolute Gasteiger partial charge is 0.0993 e. The van der Waals surface area contributed by atoms with E-state index in [2.05, 4.69) is 10.3 Å². The topological polar surface area (TPSA) is 56.7 Å². The molecule has 2 N–H and O–H groups in total. The molecule has 1 atom stereocenters. The summed E-state index contributed by atoms with van der Waals surface area (Å²) in [5.41, 5.74) is 6.74. The lowest BCUT2D eigenvalue weighted by Gasteiger charge is -2.05. The second kappa shape index (κ2) is 7.31. The molecule has 0 saturated heterocycles. The quantitative estimate of drug-likeness (QED) is 0.818. The van der Waals surface area contributed by atoms with Crippen molar-refractivity contribution in [3.63, 3.8) is 0 Å². The van der Waals surface area contributed by atoms with Crippen LogP contribution in [0, 0.1) is 0 Å². The zero-order valence-corrected chi connectivity index (χ0v) is 13.4. The standard InChI is InChI=1S/C13H16Cl2N4S/c1-2-11(16)12-8-19(18-17-12)5-6-20-13-7-9(14)3-4-10(13)15/h3-4,7-8,11H,2,5-6,16H2,1H3. The van der Waals surface area contributed by atoms with Crippen molar-refractivity contribution in [3.05, 3.63) is 40.1 Å². The van der Waals surface area contributed by atoms with Gasteiger partial charge in [-0.05, 0) is 24.6 Å². The van der Waals surface area contributed by atoms with Crippen LogP contribution in [0.2, 0.25) is 10.0 Å². The predicted octanol–water partition coefficient (Wildman–Crippen LogP) is 3.79. The molecule has 0 fully saturated rings. The number of aryl methyl sites for hydroxylation is 1. The molecule has 108 valence electrons. The van der Waals surface area contributed by atoms with E-state index < -0.39 is 0 Å². The number of hydrogen-bond acceptors (Lipinski definition) is 4. The molecule has 4 nitrogen and oxygen atoms in total. The molecule has 0 amide bonds. The van der Waals surface area contributed by atoms with Gasteiger partial charge in [-0.15, -0.1) is 16.9 Å². The van der Waals surface area contributed by atoms with Crippen LogP contribution >= 0.6 is 35.0 Å². The fourth-order valence-corrected chi connectivity index (χ4v) is 3.07. The van der Waals surface area contributed by atoms with Gasteiger partial charge < -0.3 is 5.73 Å². The van der Waals surface area contributed by atoms with Gasteiger partial charge in [-0.1, -0.05) is 35.3 Å². The molecule has 1 unspecified atom stereocenters. The van der Waals surface area contributed by atoms with Crippen LogP contribution in [-0.2, 0) is 6.54 Å². The van der Waals surface area contributed by atoms with E-state index in [0.29, 0.717) is 10.0 Å². The van der Waals surface area contributed by atoms with E-state index in [0.717, 1.165) is 29.3 Å². The Balaban J connectivity index is 1.89. The fraction of sp³-hybridized carbons (Fsp3) is 0.385. The van der Waals surface area contributed by atoms with E-state index in [1.54, 1.807) is 28.6 Å². The van der Waals surface area contributed by atoms with Crippen molar-refractivity contribution in [2.75, 3.05) is 5.75 Å². The third kappa shape index (κ3) is 4.12. The first-order chi connectivity index (χ1) is 9.60. The molecule has 1 aromatic carbocycles. The first-order valence-corrected chi connectivity index (χ1v) is 8.07. The maximum Gasteiger partial charge on any atom is 0.0993 e. The summed E-state index contributed by atoms with van der Waals surface area (Å²) >= 11 is 13.7. The summed E-state index contributed by atoms with van der Waals surface area (Å²) in [4.78, 5) is 0.977. The highest BCUT2D eigenvalue weighted by atomic mass is 35.5. The minimum atomic E-state index is -0.0428. The number of nitrogens with zero attached hydrogens (tertiary/aromatic N) is 3. The fourth-order valence-electron chi connectivity index (χ4n) is 1.64. The third-order valence-corrected chi connectivity index (χ3v) is 4.56. The van der Waals surface area contributed by atoms with Gasteiger partial charge in [0.1, 0.15) is 0 Å². The largest absolute Gasteiger partial charge is 0.323 e. The molecule has 20 heavy (non-hydrogen) atoms. The zero-order valence-electron chi connectivity index (χ0n) is 11.1. The molecule has 0 aliphatic rings. The van der Waals surface area contributed by atoms with Crippen molar-refractivity contribution in [2.45, 2.75) is 30.8 Å². The number of halogens is 2. The molecule has 0 radical (unpaired) electrons. The number of hydrogen-bond donors (Lipinski definition) is 1. The summed E-state index contributed by atoms with van der Waals surface area (Å²) in [6.45, 7) is 2.78. The molecule has 0 saturated carbocycles. The van der Waals surface area contributed by atoms with Gasteiger partial charge in [-0.25, -0.2) is 0 Å². The Morgan fingerprint density at radius 1 is 1.40 bits per heavy atom. The van der Waals surface area contributed by atoms with Crippen LogP contribution in [0.1, 0.15) is 25.1 Å². The molecule has 7 heteroatoms. The molecule has 0 bridgehead atoms. The van der Waals surface area contributed by atoms with Gasteiger partial charge in [0.05, 0.1) is 29.5 Å². The Morgan fingerprint density at radius 3 is 2.95 bits per heavy atom. The number of nitrogens with two attached hydrogens (primary N) is 1. The minimum Gasteiger partial charge on any atom is -0.323 e. The van der Waals surface area contributed by atoms with Gasteiger partial charge in [0.25, 0.3) is 0 Å². The third-order valence-electron chi connectivity index (χ3n) is 2.85. The highest BCUT2D eigenvalue weighted by Gasteiger charge is 2.08. The van der Waals surface area contributed by atoms with Crippen LogP contribution in [0.25, 0.3) is 0 Å². The van der Waals surface area contributed by atoms with Crippen LogP contribution < -0.4 is 5.73 Å². The lowest BCUT2D eigenvalue weighted by atomic mass is 10.2. The van der Waals surface area contributed by atoms with E-state index in [1.807, 2.05) is 19.2 Å². The molecular weight excluding hydrogens is 315 g/mol. The normalized spacial score (nSPS) is 12.6. The molecule has 1 aromatic heterocycles. The van der Waals surface area contributed by atoms with Crippen LogP contribution in [0.5, 0.6) is 0 Å². The van der Waals surface area contributed by atoms with Crippen LogP contribution in [-0.4, -0.2) is 20.7 Å². The van der Waals surface area contributed by atoms with Crippen molar-refractivity contribution < 1.29 is 0 Å². The predicted molar refractivity (Wildman–Crippen MR) is 84.4 cm³/mol. The SMILES string of the molecule is CCC(N)c1cn(CCSc2cc(Cl)ccc2Cl)nn1. The van der Waals surface area contributed by atoms with Gasteiger partial charge >= 0.3 is 0 Å². The second-order valence-electron chi connectivity index (χ2n) is 4.34. The lowest BCUT2D eigenvalue weighted by Crippen LogP contribution is -2.08. The van der Waals surface area contributed by atoms with Crippen molar-refractivity contribution in [3.8, 4) is 0 Å². The first-order valence-electron chi connectivity index (χ1n) is 6.33. The summed E-state index contributed by atoms with van der Waals surface area (Å²) in [5.74, 6) is 0.838. The maximum absolute atomic E-state index is 6.11. The lowest BCUT2D eigenvalue weighted by molar-refractivity contribution is 0.629. The Hall–Kier alpha value is -0.750. The van der Waals surface area contributed by atoms with Crippen LogP contribution in [0.4, 0.5) is 0 Å². The molecule has 0 spiro atoms. The summed E-state index contributed by atoms with van der Waals surface area (Å²) in [6.07, 6.45) is 2.75. The van der Waals surface area contributed by atoms with E-state index in [1.165, 1.54) is 0 Å². The first kappa shape index (κ1) is 15.6. The van der Waals surface area contributed by atoms with Gasteiger partial charge in [-0.2, -0.15) is 0 Å². The molecule has 2 aromatic rings. The molecular formula is C13H16Cl2N4S. The van der Waals surface area contributed by atoms with Crippen molar-refractivity contribution in [1.82, 2.24) is 15.0 Å². The number of rotatable bonds is 6. The number of thioether (sulfide) groups is 1. The van der Waals surface area contributed by atoms with E-state index >= 15 is 0 Å². The van der Waals surface area contributed by atoms with Crippen LogP contribution in [0.3, 0.4) is 0 Å². The Kier molecular flexibility index (Phi) is 5.72. The monoisotopic (exact) mass is 330 g/mol. The summed E-state index contributed by atoms with van der Waals surface area (Å²) in [5, 5.41) is 9.55. The molecule has 0 aliphatic carbocycles. The van der Waals surface area contributed by atoms with Gasteiger partial charge in [0.2, 0.25) is 0 Å². The second-order valence-corrected chi connectivity index (χ2v) is 6.32. The maximum atomic E-state index is 6.11. The molecule has 2 rings (SSSR count). The number of aromatic nitrogens is 3. The van der Waals surface area contributed by atoms with E-state index in [-0.39, 0.29) is 6.04 Å². The summed E-state index contributed by atoms with van der Waals surface area (Å²) in [7, 11) is 0. The van der Waals surface area contributed by atoms with Crippen LogP contribution in [0.15, 0.2) is 29.3 Å². The minimum absolute atomic E-state index is 0.0428. The van der Waals surface area contributed by atoms with Gasteiger partial charge in [0, 0.05) is 15.7 Å². The average Bonchev–Trinajstić information content (AvgIpc) is 2.90. The molecule has 0 aliphatic heterocycles. The van der Waals surface area contributed by atoms with Crippen molar-refractivity contribution in [2.24, 2.45) is 5.73 Å². The van der Waals surface area contributed by atoms with Crippen molar-refractivity contribution in [1.29, 1.82) is 0 Å². The molecule has 1 heterocycles. The highest BCUT2D eigenvalue weighted by Crippen LogP contribution is 2.29. The Bertz CT molecular complexity index is 573. The summed E-state index contributed by atoms with van der Waals surface area (Å²) < 4.78 is 1.80. The number of benzene rings is 1. The Morgan fingerprint density at radius 2 is 2.20 bits per heavy atom. The Labute approximate surface area is 132 Å².